The van der Waals surface area contributed by atoms with Crippen LogP contribution in [0.5, 0.6) is 0 Å². The van der Waals surface area contributed by atoms with Crippen molar-refractivity contribution in [3.63, 3.8) is 0 Å². The standard InChI is InChI=1S/C14H9BrClFN2OS/c1-6-5-9(21-13(6)15)12-10(14(18)20-19-12)7-3-2-4-8(16)11(7)17/h2-5H,18H2,1H3. The summed E-state index contributed by atoms with van der Waals surface area (Å²) in [6.07, 6.45) is 0. The molecule has 0 atom stereocenters. The van der Waals surface area contributed by atoms with Gasteiger partial charge in [0.1, 0.15) is 11.5 Å². The first-order chi connectivity index (χ1) is 9.99. The Morgan fingerprint density at radius 2 is 2.19 bits per heavy atom. The molecule has 2 aromatic heterocycles. The lowest BCUT2D eigenvalue weighted by atomic mass is 10.0. The van der Waals surface area contributed by atoms with Crippen LogP contribution in [-0.2, 0) is 0 Å². The Morgan fingerprint density at radius 3 is 2.86 bits per heavy atom. The van der Waals surface area contributed by atoms with E-state index in [0.717, 1.165) is 14.2 Å². The van der Waals surface area contributed by atoms with E-state index in [1.165, 1.54) is 17.4 Å². The Labute approximate surface area is 137 Å². The van der Waals surface area contributed by atoms with Gasteiger partial charge in [-0.1, -0.05) is 28.9 Å². The van der Waals surface area contributed by atoms with Crippen molar-refractivity contribution in [2.75, 3.05) is 5.73 Å². The number of halogens is 3. The predicted molar refractivity (Wildman–Crippen MR) is 87.1 cm³/mol. The molecular weight excluding hydrogens is 379 g/mol. The maximum atomic E-state index is 14.3. The van der Waals surface area contributed by atoms with Gasteiger partial charge in [0, 0.05) is 5.56 Å². The predicted octanol–water partition coefficient (Wildman–Crippen LogP) is 5.52. The van der Waals surface area contributed by atoms with Crippen LogP contribution in [0.3, 0.4) is 0 Å². The normalized spacial score (nSPS) is 11.0. The van der Waals surface area contributed by atoms with Gasteiger partial charge < -0.3 is 10.3 Å². The minimum Gasteiger partial charge on any atom is -0.367 e. The van der Waals surface area contributed by atoms with Gasteiger partial charge in [-0.2, -0.15) is 0 Å². The second kappa shape index (κ2) is 5.44. The third kappa shape index (κ3) is 2.47. The Bertz CT molecular complexity index is 811. The van der Waals surface area contributed by atoms with Crippen molar-refractivity contribution in [2.24, 2.45) is 0 Å². The number of hydrogen-bond acceptors (Lipinski definition) is 4. The van der Waals surface area contributed by atoms with E-state index in [2.05, 4.69) is 21.1 Å². The summed E-state index contributed by atoms with van der Waals surface area (Å²) >= 11 is 10.8. The number of anilines is 1. The third-order valence-electron chi connectivity index (χ3n) is 3.03. The zero-order valence-electron chi connectivity index (χ0n) is 10.8. The molecule has 0 aliphatic carbocycles. The Hall–Kier alpha value is -1.37. The first kappa shape index (κ1) is 14.6. The minimum absolute atomic E-state index is 0.0302. The average Bonchev–Trinajstić information content (AvgIpc) is 2.97. The zero-order chi connectivity index (χ0) is 15.1. The molecular formula is C14H9BrClFN2OS. The zero-order valence-corrected chi connectivity index (χ0v) is 13.9. The summed E-state index contributed by atoms with van der Waals surface area (Å²) in [6, 6.07) is 6.68. The second-order valence-electron chi connectivity index (χ2n) is 4.44. The Morgan fingerprint density at radius 1 is 1.43 bits per heavy atom. The molecule has 0 fully saturated rings. The van der Waals surface area contributed by atoms with Crippen LogP contribution in [0.25, 0.3) is 21.7 Å². The number of hydrogen-bond donors (Lipinski definition) is 1. The fourth-order valence-electron chi connectivity index (χ4n) is 2.00. The van der Waals surface area contributed by atoms with Gasteiger partial charge in [0.25, 0.3) is 0 Å². The van der Waals surface area contributed by atoms with E-state index < -0.39 is 5.82 Å². The number of nitrogens with two attached hydrogens (primary N) is 1. The number of nitrogen functional groups attached to an aromatic ring is 1. The molecule has 2 heterocycles. The molecule has 108 valence electrons. The highest BCUT2D eigenvalue weighted by molar-refractivity contribution is 9.11. The molecule has 3 aromatic rings. The molecule has 0 saturated heterocycles. The Kier molecular flexibility index (Phi) is 3.77. The lowest BCUT2D eigenvalue weighted by Crippen LogP contribution is -1.91. The molecule has 0 aliphatic rings. The maximum absolute atomic E-state index is 14.3. The lowest BCUT2D eigenvalue weighted by molar-refractivity contribution is 0.439. The first-order valence-corrected chi connectivity index (χ1v) is 7.93. The quantitative estimate of drug-likeness (QED) is 0.630. The highest BCUT2D eigenvalue weighted by Gasteiger charge is 2.22. The molecule has 3 nitrogen and oxygen atoms in total. The van der Waals surface area contributed by atoms with Gasteiger partial charge in [0.05, 0.1) is 19.2 Å². The van der Waals surface area contributed by atoms with Crippen LogP contribution < -0.4 is 5.73 Å². The molecule has 21 heavy (non-hydrogen) atoms. The van der Waals surface area contributed by atoms with Crippen LogP contribution in [0.4, 0.5) is 10.3 Å². The topological polar surface area (TPSA) is 52.0 Å². The summed E-state index contributed by atoms with van der Waals surface area (Å²) < 4.78 is 20.3. The van der Waals surface area contributed by atoms with Crippen molar-refractivity contribution >= 4 is 44.8 Å². The van der Waals surface area contributed by atoms with Crippen LogP contribution in [-0.4, -0.2) is 5.16 Å². The van der Waals surface area contributed by atoms with Crippen LogP contribution in [0, 0.1) is 12.7 Å². The first-order valence-electron chi connectivity index (χ1n) is 5.95. The van der Waals surface area contributed by atoms with Gasteiger partial charge in [0.2, 0.25) is 5.88 Å². The number of rotatable bonds is 2. The monoisotopic (exact) mass is 386 g/mol. The number of aryl methyl sites for hydroxylation is 1. The lowest BCUT2D eigenvalue weighted by Gasteiger charge is -2.04. The van der Waals surface area contributed by atoms with Crippen LogP contribution >= 0.6 is 38.9 Å². The molecule has 0 amide bonds. The average molecular weight is 388 g/mol. The fourth-order valence-corrected chi connectivity index (χ4v) is 3.70. The SMILES string of the molecule is Cc1cc(-c2noc(N)c2-c2cccc(Cl)c2F)sc1Br. The molecule has 3 rings (SSSR count). The van der Waals surface area contributed by atoms with Crippen molar-refractivity contribution < 1.29 is 8.91 Å². The van der Waals surface area contributed by atoms with Crippen molar-refractivity contribution in [3.05, 3.63) is 44.5 Å². The van der Waals surface area contributed by atoms with Crippen LogP contribution in [0.2, 0.25) is 5.02 Å². The second-order valence-corrected chi connectivity index (χ2v) is 7.22. The van der Waals surface area contributed by atoms with Gasteiger partial charge in [-0.05, 0) is 40.5 Å². The van der Waals surface area contributed by atoms with E-state index in [4.69, 9.17) is 21.9 Å². The summed E-state index contributed by atoms with van der Waals surface area (Å²) in [5.74, 6) is -0.476. The highest BCUT2D eigenvalue weighted by Crippen LogP contribution is 2.42. The number of aromatic nitrogens is 1. The summed E-state index contributed by atoms with van der Waals surface area (Å²) in [4.78, 5) is 0.842. The molecule has 0 aliphatic heterocycles. The summed E-state index contributed by atoms with van der Waals surface area (Å²) in [7, 11) is 0. The molecule has 0 radical (unpaired) electrons. The van der Waals surface area contributed by atoms with Crippen molar-refractivity contribution in [3.8, 4) is 21.7 Å². The summed E-state index contributed by atoms with van der Waals surface area (Å²) in [5.41, 5.74) is 8.10. The Balaban J connectivity index is 2.24. The van der Waals surface area contributed by atoms with Gasteiger partial charge >= 0.3 is 0 Å². The van der Waals surface area contributed by atoms with Crippen LogP contribution in [0.15, 0.2) is 32.6 Å². The fraction of sp³-hybridized carbons (Fsp3) is 0.0714. The van der Waals surface area contributed by atoms with E-state index in [0.29, 0.717) is 11.3 Å². The summed E-state index contributed by atoms with van der Waals surface area (Å²) in [6.45, 7) is 1.97. The van der Waals surface area contributed by atoms with Gasteiger partial charge in [-0.25, -0.2) is 4.39 Å². The molecule has 0 bridgehead atoms. The van der Waals surface area contributed by atoms with Gasteiger partial charge in [-0.3, -0.25) is 0 Å². The molecule has 2 N–H and O–H groups in total. The molecule has 0 unspecified atom stereocenters. The molecule has 0 saturated carbocycles. The van der Waals surface area contributed by atoms with Crippen molar-refractivity contribution in [1.29, 1.82) is 0 Å². The van der Waals surface area contributed by atoms with Crippen molar-refractivity contribution in [1.82, 2.24) is 5.16 Å². The number of nitrogens with zero attached hydrogens (tertiary/aromatic N) is 1. The van der Waals surface area contributed by atoms with E-state index >= 15 is 0 Å². The molecule has 7 heteroatoms. The van der Waals surface area contributed by atoms with E-state index in [1.54, 1.807) is 12.1 Å². The van der Waals surface area contributed by atoms with Gasteiger partial charge in [0.15, 0.2) is 0 Å². The molecule has 1 aromatic carbocycles. The van der Waals surface area contributed by atoms with E-state index in [-0.39, 0.29) is 16.5 Å². The molecule has 0 spiro atoms. The van der Waals surface area contributed by atoms with E-state index in [9.17, 15) is 4.39 Å². The number of thiophene rings is 1. The largest absolute Gasteiger partial charge is 0.367 e. The van der Waals surface area contributed by atoms with Crippen LogP contribution in [0.1, 0.15) is 5.56 Å². The minimum atomic E-state index is -0.539. The number of benzene rings is 1. The highest BCUT2D eigenvalue weighted by atomic mass is 79.9. The van der Waals surface area contributed by atoms with Crippen molar-refractivity contribution in [2.45, 2.75) is 6.92 Å². The maximum Gasteiger partial charge on any atom is 0.230 e. The van der Waals surface area contributed by atoms with E-state index in [1.807, 2.05) is 13.0 Å². The van der Waals surface area contributed by atoms with Gasteiger partial charge in [-0.15, -0.1) is 11.3 Å². The third-order valence-corrected chi connectivity index (χ3v) is 5.47. The summed E-state index contributed by atoms with van der Waals surface area (Å²) in [5, 5.41) is 4.00. The smallest absolute Gasteiger partial charge is 0.230 e.